The van der Waals surface area contributed by atoms with Gasteiger partial charge in [-0.3, -0.25) is 5.32 Å². The molecule has 106 valence electrons. The monoisotopic (exact) mass is 267 g/mol. The van der Waals surface area contributed by atoms with E-state index in [1.807, 2.05) is 6.92 Å². The number of ether oxygens (including phenoxy) is 1. The number of aliphatic hydroxyl groups is 2. The van der Waals surface area contributed by atoms with Crippen molar-refractivity contribution in [2.75, 3.05) is 11.9 Å². The summed E-state index contributed by atoms with van der Waals surface area (Å²) in [5, 5.41) is 21.1. The summed E-state index contributed by atoms with van der Waals surface area (Å²) in [4.78, 5) is 11.7. The van der Waals surface area contributed by atoms with E-state index in [1.54, 1.807) is 39.0 Å². The van der Waals surface area contributed by atoms with E-state index in [1.165, 1.54) is 0 Å². The van der Waals surface area contributed by atoms with Gasteiger partial charge >= 0.3 is 6.09 Å². The Kier molecular flexibility index (Phi) is 4.91. The van der Waals surface area contributed by atoms with E-state index in [4.69, 9.17) is 9.84 Å². The summed E-state index contributed by atoms with van der Waals surface area (Å²) in [6, 6.07) is 5.09. The highest BCUT2D eigenvalue weighted by Crippen LogP contribution is 2.22. The normalized spacial score (nSPS) is 12.9. The van der Waals surface area contributed by atoms with E-state index in [9.17, 15) is 9.90 Å². The second kappa shape index (κ2) is 6.04. The number of carbonyl (C=O) groups is 1. The number of benzene rings is 1. The maximum atomic E-state index is 11.7. The van der Waals surface area contributed by atoms with Gasteiger partial charge in [-0.25, -0.2) is 4.79 Å². The lowest BCUT2D eigenvalue weighted by molar-refractivity contribution is 0.0635. The van der Waals surface area contributed by atoms with Gasteiger partial charge in [0, 0.05) is 5.69 Å². The Bertz CT molecular complexity index is 451. The van der Waals surface area contributed by atoms with Crippen LogP contribution in [0.5, 0.6) is 0 Å². The van der Waals surface area contributed by atoms with Gasteiger partial charge in [-0.2, -0.15) is 0 Å². The molecule has 0 aliphatic carbocycles. The largest absolute Gasteiger partial charge is 0.444 e. The van der Waals surface area contributed by atoms with Gasteiger partial charge in [0.05, 0.1) is 6.61 Å². The van der Waals surface area contributed by atoms with E-state index < -0.39 is 17.8 Å². The number of hydrogen-bond donors (Lipinski definition) is 3. The SMILES string of the molecule is Cc1ccc(C(O)CO)cc1NC(=O)OC(C)(C)C. The van der Waals surface area contributed by atoms with Gasteiger partial charge in [-0.1, -0.05) is 12.1 Å². The summed E-state index contributed by atoms with van der Waals surface area (Å²) in [5.74, 6) is 0. The molecule has 0 spiro atoms. The Labute approximate surface area is 113 Å². The van der Waals surface area contributed by atoms with Gasteiger partial charge in [0.2, 0.25) is 0 Å². The van der Waals surface area contributed by atoms with Crippen molar-refractivity contribution >= 4 is 11.8 Å². The molecule has 1 atom stereocenters. The number of aliphatic hydroxyl groups excluding tert-OH is 2. The third-order valence-electron chi connectivity index (χ3n) is 2.45. The topological polar surface area (TPSA) is 78.8 Å². The van der Waals surface area contributed by atoms with Crippen LogP contribution in [0.2, 0.25) is 0 Å². The van der Waals surface area contributed by atoms with Gasteiger partial charge in [0.25, 0.3) is 0 Å². The Morgan fingerprint density at radius 2 is 2.05 bits per heavy atom. The number of carbonyl (C=O) groups excluding carboxylic acids is 1. The average molecular weight is 267 g/mol. The van der Waals surface area contributed by atoms with E-state index in [-0.39, 0.29) is 6.61 Å². The van der Waals surface area contributed by atoms with Crippen LogP contribution >= 0.6 is 0 Å². The number of amides is 1. The lowest BCUT2D eigenvalue weighted by atomic mass is 10.1. The van der Waals surface area contributed by atoms with Crippen LogP contribution in [0.25, 0.3) is 0 Å². The first-order chi connectivity index (χ1) is 8.73. The Morgan fingerprint density at radius 3 is 2.58 bits per heavy atom. The number of hydrogen-bond acceptors (Lipinski definition) is 4. The van der Waals surface area contributed by atoms with Gasteiger partial charge in [-0.15, -0.1) is 0 Å². The first-order valence-electron chi connectivity index (χ1n) is 6.12. The van der Waals surface area contributed by atoms with Crippen LogP contribution in [0.4, 0.5) is 10.5 Å². The van der Waals surface area contributed by atoms with Crippen LogP contribution in [-0.4, -0.2) is 28.5 Å². The third-order valence-corrected chi connectivity index (χ3v) is 2.45. The Balaban J connectivity index is 2.85. The lowest BCUT2D eigenvalue weighted by Gasteiger charge is -2.20. The molecule has 0 heterocycles. The average Bonchev–Trinajstić information content (AvgIpc) is 2.28. The predicted octanol–water partition coefficient (Wildman–Crippen LogP) is 2.37. The molecular formula is C14H21NO4. The molecule has 0 radical (unpaired) electrons. The highest BCUT2D eigenvalue weighted by atomic mass is 16.6. The second-order valence-electron chi connectivity index (χ2n) is 5.40. The zero-order chi connectivity index (χ0) is 14.6. The number of rotatable bonds is 3. The molecule has 0 saturated heterocycles. The molecule has 5 nitrogen and oxygen atoms in total. The van der Waals surface area contributed by atoms with E-state index in [2.05, 4.69) is 5.32 Å². The molecule has 0 bridgehead atoms. The maximum absolute atomic E-state index is 11.7. The van der Waals surface area contributed by atoms with Crippen LogP contribution in [0.3, 0.4) is 0 Å². The van der Waals surface area contributed by atoms with Crippen molar-refractivity contribution in [2.24, 2.45) is 0 Å². The van der Waals surface area contributed by atoms with Crippen molar-refractivity contribution in [3.63, 3.8) is 0 Å². The molecular weight excluding hydrogens is 246 g/mol. The minimum absolute atomic E-state index is 0.366. The zero-order valence-corrected chi connectivity index (χ0v) is 11.7. The quantitative estimate of drug-likeness (QED) is 0.785. The summed E-state index contributed by atoms with van der Waals surface area (Å²) in [6.45, 7) is 6.82. The minimum Gasteiger partial charge on any atom is -0.444 e. The number of anilines is 1. The second-order valence-corrected chi connectivity index (χ2v) is 5.40. The van der Waals surface area contributed by atoms with Crippen molar-refractivity contribution in [1.82, 2.24) is 0 Å². The van der Waals surface area contributed by atoms with Crippen molar-refractivity contribution in [1.29, 1.82) is 0 Å². The van der Waals surface area contributed by atoms with Crippen molar-refractivity contribution in [2.45, 2.75) is 39.4 Å². The molecule has 3 N–H and O–H groups in total. The van der Waals surface area contributed by atoms with Gasteiger partial charge in [0.15, 0.2) is 0 Å². The van der Waals surface area contributed by atoms with Gasteiger partial charge < -0.3 is 14.9 Å². The molecule has 1 aromatic carbocycles. The highest BCUT2D eigenvalue weighted by Gasteiger charge is 2.17. The van der Waals surface area contributed by atoms with Crippen LogP contribution in [0.15, 0.2) is 18.2 Å². The molecule has 0 fully saturated rings. The number of nitrogens with one attached hydrogen (secondary N) is 1. The molecule has 0 saturated carbocycles. The Hall–Kier alpha value is -1.59. The van der Waals surface area contributed by atoms with Crippen molar-refractivity contribution in [3.05, 3.63) is 29.3 Å². The van der Waals surface area contributed by atoms with Crippen LogP contribution in [0, 0.1) is 6.92 Å². The van der Waals surface area contributed by atoms with Crippen LogP contribution in [0.1, 0.15) is 38.0 Å². The first-order valence-corrected chi connectivity index (χ1v) is 6.12. The molecule has 0 aliphatic rings. The third kappa shape index (κ3) is 4.89. The molecule has 1 unspecified atom stereocenters. The van der Waals surface area contributed by atoms with E-state index >= 15 is 0 Å². The highest BCUT2D eigenvalue weighted by molar-refractivity contribution is 5.86. The fourth-order valence-electron chi connectivity index (χ4n) is 1.50. The first kappa shape index (κ1) is 15.5. The summed E-state index contributed by atoms with van der Waals surface area (Å²) >= 11 is 0. The standard InChI is InChI=1S/C14H21NO4/c1-9-5-6-10(12(17)8-16)7-11(9)15-13(18)19-14(2,3)4/h5-7,12,16-17H,8H2,1-4H3,(H,15,18). The number of aryl methyl sites for hydroxylation is 1. The molecule has 0 aromatic heterocycles. The smallest absolute Gasteiger partial charge is 0.412 e. The lowest BCUT2D eigenvalue weighted by Crippen LogP contribution is -2.27. The van der Waals surface area contributed by atoms with Crippen molar-refractivity contribution < 1.29 is 19.7 Å². The molecule has 1 aromatic rings. The maximum Gasteiger partial charge on any atom is 0.412 e. The summed E-state index contributed by atoms with van der Waals surface area (Å²) in [7, 11) is 0. The molecule has 1 rings (SSSR count). The molecule has 1 amide bonds. The van der Waals surface area contributed by atoms with Gasteiger partial charge in [0.1, 0.15) is 11.7 Å². The van der Waals surface area contributed by atoms with Crippen molar-refractivity contribution in [3.8, 4) is 0 Å². The van der Waals surface area contributed by atoms with Gasteiger partial charge in [-0.05, 0) is 44.9 Å². The fraction of sp³-hybridized carbons (Fsp3) is 0.500. The fourth-order valence-corrected chi connectivity index (χ4v) is 1.50. The molecule has 19 heavy (non-hydrogen) atoms. The predicted molar refractivity (Wildman–Crippen MR) is 73.1 cm³/mol. The molecule has 0 aliphatic heterocycles. The summed E-state index contributed by atoms with van der Waals surface area (Å²) < 4.78 is 5.16. The van der Waals surface area contributed by atoms with Crippen LogP contribution < -0.4 is 5.32 Å². The molecule has 5 heteroatoms. The van der Waals surface area contributed by atoms with E-state index in [0.717, 1.165) is 5.56 Å². The summed E-state index contributed by atoms with van der Waals surface area (Å²) in [5.41, 5.74) is 1.37. The van der Waals surface area contributed by atoms with Crippen LogP contribution in [-0.2, 0) is 4.74 Å². The Morgan fingerprint density at radius 1 is 1.42 bits per heavy atom. The van der Waals surface area contributed by atoms with E-state index in [0.29, 0.717) is 11.3 Å². The zero-order valence-electron chi connectivity index (χ0n) is 11.7. The summed E-state index contributed by atoms with van der Waals surface area (Å²) in [6.07, 6.45) is -1.51. The minimum atomic E-state index is -0.959.